The van der Waals surface area contributed by atoms with Gasteiger partial charge in [0.25, 0.3) is 0 Å². The van der Waals surface area contributed by atoms with Crippen LogP contribution in [0.4, 0.5) is 0 Å². The smallest absolute Gasteiger partial charge is 0.226 e. The zero-order valence-electron chi connectivity index (χ0n) is 12.8. The minimum atomic E-state index is 0.0747. The topological polar surface area (TPSA) is 46.3 Å². The fourth-order valence-electron chi connectivity index (χ4n) is 3.93. The van der Waals surface area contributed by atoms with Crippen molar-refractivity contribution in [1.82, 2.24) is 4.90 Å². The van der Waals surface area contributed by atoms with Crippen LogP contribution < -0.4 is 5.73 Å². The molecule has 3 rings (SSSR count). The lowest BCUT2D eigenvalue weighted by molar-refractivity contribution is -0.138. The molecule has 1 atom stereocenters. The molecule has 0 spiro atoms. The van der Waals surface area contributed by atoms with Gasteiger partial charge in [-0.05, 0) is 30.4 Å². The number of nitrogens with two attached hydrogens (primary N) is 1. The number of fused-ring (bicyclic) bond motifs is 1. The maximum absolute atomic E-state index is 13.0. The number of rotatable bonds is 2. The van der Waals surface area contributed by atoms with Crippen molar-refractivity contribution in [1.29, 1.82) is 0 Å². The predicted octanol–water partition coefficient (Wildman–Crippen LogP) is 3.04. The average molecular weight is 286 g/mol. The van der Waals surface area contributed by atoms with Crippen molar-refractivity contribution >= 4 is 5.91 Å². The molecule has 3 nitrogen and oxygen atoms in total. The molecular weight excluding hydrogens is 260 g/mol. The molecule has 0 saturated heterocycles. The van der Waals surface area contributed by atoms with Crippen LogP contribution in [0.25, 0.3) is 0 Å². The molecule has 0 radical (unpaired) electrons. The number of carbonyl (C=O) groups excluding carboxylic acids is 1. The van der Waals surface area contributed by atoms with E-state index in [0.717, 1.165) is 25.8 Å². The van der Waals surface area contributed by atoms with Gasteiger partial charge in [-0.25, -0.2) is 0 Å². The second-order valence-corrected chi connectivity index (χ2v) is 6.42. The summed E-state index contributed by atoms with van der Waals surface area (Å²) in [5.74, 6) is 0.577. The molecular formula is C18H26N2O. The summed E-state index contributed by atoms with van der Waals surface area (Å²) in [5, 5.41) is 0. The molecule has 1 aromatic rings. The highest BCUT2D eigenvalue weighted by molar-refractivity contribution is 5.79. The molecule has 1 aliphatic carbocycles. The van der Waals surface area contributed by atoms with Crippen LogP contribution >= 0.6 is 0 Å². The maximum Gasteiger partial charge on any atom is 0.226 e. The standard InChI is InChI=1S/C18H26N2O/c19-13-17-16-10-6-5-7-14(16)11-12-20(17)18(21)15-8-3-1-2-4-9-15/h5-7,10,15,17H,1-4,8-9,11-13,19H2. The van der Waals surface area contributed by atoms with Crippen molar-refractivity contribution in [3.05, 3.63) is 35.4 Å². The lowest BCUT2D eigenvalue weighted by Gasteiger charge is -2.38. The molecule has 21 heavy (non-hydrogen) atoms. The van der Waals surface area contributed by atoms with Gasteiger partial charge in [-0.1, -0.05) is 49.9 Å². The van der Waals surface area contributed by atoms with Crippen molar-refractivity contribution in [3.63, 3.8) is 0 Å². The van der Waals surface area contributed by atoms with Gasteiger partial charge in [0.05, 0.1) is 6.04 Å². The summed E-state index contributed by atoms with van der Waals surface area (Å²) in [7, 11) is 0. The number of benzene rings is 1. The highest BCUT2D eigenvalue weighted by Gasteiger charge is 2.33. The first kappa shape index (κ1) is 14.6. The monoisotopic (exact) mass is 286 g/mol. The van der Waals surface area contributed by atoms with E-state index in [1.807, 2.05) is 0 Å². The Balaban J connectivity index is 1.80. The lowest BCUT2D eigenvalue weighted by Crippen LogP contribution is -2.45. The molecule has 1 amide bonds. The molecule has 1 aliphatic heterocycles. The summed E-state index contributed by atoms with van der Waals surface area (Å²) in [6, 6.07) is 8.52. The lowest BCUT2D eigenvalue weighted by atomic mass is 9.90. The number of hydrogen-bond acceptors (Lipinski definition) is 2. The van der Waals surface area contributed by atoms with Crippen LogP contribution in [0.1, 0.15) is 55.7 Å². The van der Waals surface area contributed by atoms with E-state index < -0.39 is 0 Å². The molecule has 0 bridgehead atoms. The van der Waals surface area contributed by atoms with Crippen molar-refractivity contribution in [2.75, 3.05) is 13.1 Å². The van der Waals surface area contributed by atoms with Gasteiger partial charge in [0, 0.05) is 19.0 Å². The van der Waals surface area contributed by atoms with Crippen LogP contribution in [-0.2, 0) is 11.2 Å². The van der Waals surface area contributed by atoms with Crippen molar-refractivity contribution in [2.45, 2.75) is 51.0 Å². The third kappa shape index (κ3) is 2.98. The van der Waals surface area contributed by atoms with Gasteiger partial charge in [-0.15, -0.1) is 0 Å². The first-order valence-corrected chi connectivity index (χ1v) is 8.39. The Morgan fingerprint density at radius 1 is 1.14 bits per heavy atom. The van der Waals surface area contributed by atoms with Crippen molar-refractivity contribution in [3.8, 4) is 0 Å². The molecule has 3 heteroatoms. The molecule has 1 unspecified atom stereocenters. The minimum Gasteiger partial charge on any atom is -0.334 e. The first-order chi connectivity index (χ1) is 10.3. The Hall–Kier alpha value is -1.35. The summed E-state index contributed by atoms with van der Waals surface area (Å²) in [6.07, 6.45) is 8.07. The summed E-state index contributed by atoms with van der Waals surface area (Å²) in [6.45, 7) is 1.35. The molecule has 0 aromatic heterocycles. The van der Waals surface area contributed by atoms with Gasteiger partial charge < -0.3 is 10.6 Å². The summed E-state index contributed by atoms with van der Waals surface area (Å²) < 4.78 is 0. The van der Waals surface area contributed by atoms with Crippen LogP contribution in [0.3, 0.4) is 0 Å². The Bertz CT molecular complexity index is 492. The van der Waals surface area contributed by atoms with E-state index in [1.54, 1.807) is 0 Å². The molecule has 1 saturated carbocycles. The van der Waals surface area contributed by atoms with E-state index in [0.29, 0.717) is 12.5 Å². The van der Waals surface area contributed by atoms with Gasteiger partial charge in [-0.3, -0.25) is 4.79 Å². The second-order valence-electron chi connectivity index (χ2n) is 6.42. The Morgan fingerprint density at radius 3 is 2.57 bits per heavy atom. The fraction of sp³-hybridized carbons (Fsp3) is 0.611. The Labute approximate surface area is 127 Å². The van der Waals surface area contributed by atoms with Gasteiger partial charge in [0.15, 0.2) is 0 Å². The first-order valence-electron chi connectivity index (χ1n) is 8.39. The van der Waals surface area contributed by atoms with Gasteiger partial charge in [0.1, 0.15) is 0 Å². The number of carbonyl (C=O) groups is 1. The number of amides is 1. The molecule has 1 heterocycles. The van der Waals surface area contributed by atoms with E-state index >= 15 is 0 Å². The van der Waals surface area contributed by atoms with Crippen LogP contribution in [0.15, 0.2) is 24.3 Å². The molecule has 2 N–H and O–H groups in total. The van der Waals surface area contributed by atoms with E-state index in [4.69, 9.17) is 5.73 Å². The van der Waals surface area contributed by atoms with Crippen molar-refractivity contribution in [2.24, 2.45) is 11.7 Å². The zero-order valence-corrected chi connectivity index (χ0v) is 12.8. The van der Waals surface area contributed by atoms with Crippen LogP contribution in [-0.4, -0.2) is 23.9 Å². The third-order valence-electron chi connectivity index (χ3n) is 5.12. The highest BCUT2D eigenvalue weighted by atomic mass is 16.2. The third-order valence-corrected chi connectivity index (χ3v) is 5.12. The number of nitrogens with zero attached hydrogens (tertiary/aromatic N) is 1. The normalized spacial score (nSPS) is 23.5. The van der Waals surface area contributed by atoms with Crippen molar-refractivity contribution < 1.29 is 4.79 Å². The summed E-state index contributed by atoms with van der Waals surface area (Å²) in [4.78, 5) is 15.0. The highest BCUT2D eigenvalue weighted by Crippen LogP contribution is 2.32. The molecule has 1 aromatic carbocycles. The van der Waals surface area contributed by atoms with Gasteiger partial charge in [0.2, 0.25) is 5.91 Å². The summed E-state index contributed by atoms with van der Waals surface area (Å²) >= 11 is 0. The summed E-state index contributed by atoms with van der Waals surface area (Å²) in [5.41, 5.74) is 8.63. The van der Waals surface area contributed by atoms with Crippen LogP contribution in [0.2, 0.25) is 0 Å². The average Bonchev–Trinajstić information content (AvgIpc) is 2.82. The molecule has 2 aliphatic rings. The maximum atomic E-state index is 13.0. The number of hydrogen-bond donors (Lipinski definition) is 1. The molecule has 114 valence electrons. The minimum absolute atomic E-state index is 0.0747. The quantitative estimate of drug-likeness (QED) is 0.849. The van der Waals surface area contributed by atoms with E-state index in [2.05, 4.69) is 29.2 Å². The van der Waals surface area contributed by atoms with Gasteiger partial charge >= 0.3 is 0 Å². The fourth-order valence-corrected chi connectivity index (χ4v) is 3.93. The second kappa shape index (κ2) is 6.61. The predicted molar refractivity (Wildman–Crippen MR) is 84.8 cm³/mol. The Kier molecular flexibility index (Phi) is 4.59. The zero-order chi connectivity index (χ0) is 14.7. The Morgan fingerprint density at radius 2 is 1.86 bits per heavy atom. The van der Waals surface area contributed by atoms with E-state index in [1.165, 1.54) is 36.8 Å². The molecule has 1 fully saturated rings. The van der Waals surface area contributed by atoms with Crippen LogP contribution in [0.5, 0.6) is 0 Å². The van der Waals surface area contributed by atoms with E-state index in [9.17, 15) is 4.79 Å². The van der Waals surface area contributed by atoms with Gasteiger partial charge in [-0.2, -0.15) is 0 Å². The largest absolute Gasteiger partial charge is 0.334 e. The van der Waals surface area contributed by atoms with E-state index in [-0.39, 0.29) is 12.0 Å². The SMILES string of the molecule is NCC1c2ccccc2CCN1C(=O)C1CCCCCC1. The van der Waals surface area contributed by atoms with Crippen LogP contribution in [0, 0.1) is 5.92 Å².